The van der Waals surface area contributed by atoms with E-state index in [0.29, 0.717) is 6.79 Å². The van der Waals surface area contributed by atoms with Gasteiger partial charge < -0.3 is 14.4 Å². The van der Waals surface area contributed by atoms with Crippen LogP contribution >= 0.6 is 0 Å². The van der Waals surface area contributed by atoms with Gasteiger partial charge in [-0.3, -0.25) is 10.00 Å². The minimum Gasteiger partial charge on any atom is -0.454 e. The Morgan fingerprint density at radius 2 is 1.80 bits per heavy atom. The van der Waals surface area contributed by atoms with E-state index in [2.05, 4.69) is 50.3 Å². The highest BCUT2D eigenvalue weighted by Gasteiger charge is 2.21. The number of H-pyrrole nitrogens is 1. The number of nitrogens with zero attached hydrogens (tertiary/aromatic N) is 3. The van der Waals surface area contributed by atoms with E-state index in [1.165, 1.54) is 11.1 Å². The number of hydrogen-bond acceptors (Lipinski definition) is 5. The zero-order valence-corrected chi connectivity index (χ0v) is 13.9. The summed E-state index contributed by atoms with van der Waals surface area (Å²) in [6.07, 6.45) is 0. The highest BCUT2D eigenvalue weighted by Crippen LogP contribution is 2.35. The van der Waals surface area contributed by atoms with Crippen molar-refractivity contribution >= 4 is 16.6 Å². The second-order valence-electron chi connectivity index (χ2n) is 6.52. The molecule has 0 saturated carbocycles. The number of piperazine rings is 1. The molecule has 5 rings (SSSR count). The van der Waals surface area contributed by atoms with E-state index in [0.717, 1.165) is 55.4 Å². The molecule has 2 aliphatic heterocycles. The Kier molecular flexibility index (Phi) is 3.48. The number of benzene rings is 2. The van der Waals surface area contributed by atoms with Crippen molar-refractivity contribution in [3.63, 3.8) is 0 Å². The molecule has 0 aliphatic carbocycles. The molecule has 2 aromatic carbocycles. The summed E-state index contributed by atoms with van der Waals surface area (Å²) in [5.74, 6) is 1.69. The molecule has 0 unspecified atom stereocenters. The summed E-state index contributed by atoms with van der Waals surface area (Å²) in [6, 6.07) is 14.5. The topological polar surface area (TPSA) is 53.6 Å². The first-order valence-electron chi connectivity index (χ1n) is 8.66. The van der Waals surface area contributed by atoms with Crippen LogP contribution in [0.4, 0.5) is 5.69 Å². The van der Waals surface area contributed by atoms with Gasteiger partial charge in [-0.2, -0.15) is 5.10 Å². The van der Waals surface area contributed by atoms with Crippen LogP contribution in [-0.4, -0.2) is 48.1 Å². The van der Waals surface area contributed by atoms with E-state index in [-0.39, 0.29) is 0 Å². The fraction of sp³-hybridized carbons (Fsp3) is 0.316. The zero-order valence-electron chi connectivity index (χ0n) is 13.9. The van der Waals surface area contributed by atoms with Crippen LogP contribution in [0.25, 0.3) is 10.9 Å². The van der Waals surface area contributed by atoms with Crippen molar-refractivity contribution < 1.29 is 9.47 Å². The van der Waals surface area contributed by atoms with E-state index in [1.807, 2.05) is 12.1 Å². The standard InChI is InChI=1S/C19H20N4O2/c1-2-4-16-15(3-1)17(21-20-16)12-22-7-9-23(10-8-22)14-5-6-18-19(11-14)25-13-24-18/h1-6,11H,7-10,12-13H2,(H,20,21). The fourth-order valence-corrected chi connectivity index (χ4v) is 3.60. The second kappa shape index (κ2) is 5.97. The first-order chi connectivity index (χ1) is 12.4. The van der Waals surface area contributed by atoms with Gasteiger partial charge in [0, 0.05) is 49.9 Å². The van der Waals surface area contributed by atoms with Gasteiger partial charge in [-0.15, -0.1) is 0 Å². The van der Waals surface area contributed by atoms with Crippen molar-refractivity contribution in [1.82, 2.24) is 15.1 Å². The molecule has 0 amide bonds. The number of para-hydroxylation sites is 1. The number of aromatic nitrogens is 2. The summed E-state index contributed by atoms with van der Waals surface area (Å²) in [7, 11) is 0. The summed E-state index contributed by atoms with van der Waals surface area (Å²) in [6.45, 7) is 5.26. The number of anilines is 1. The SMILES string of the molecule is c1ccc2c(CN3CCN(c4ccc5c(c4)OCO5)CC3)n[nH]c2c1. The predicted molar refractivity (Wildman–Crippen MR) is 96.1 cm³/mol. The van der Waals surface area contributed by atoms with Gasteiger partial charge in [0.25, 0.3) is 0 Å². The number of rotatable bonds is 3. The molecular weight excluding hydrogens is 316 g/mol. The minimum absolute atomic E-state index is 0.324. The summed E-state index contributed by atoms with van der Waals surface area (Å²) < 4.78 is 10.9. The normalized spacial score (nSPS) is 17.4. The van der Waals surface area contributed by atoms with Gasteiger partial charge in [0.15, 0.2) is 11.5 Å². The van der Waals surface area contributed by atoms with Crippen molar-refractivity contribution in [2.75, 3.05) is 37.9 Å². The first-order valence-corrected chi connectivity index (χ1v) is 8.66. The van der Waals surface area contributed by atoms with Crippen LogP contribution in [0.2, 0.25) is 0 Å². The molecular formula is C19H20N4O2. The van der Waals surface area contributed by atoms with Gasteiger partial charge in [0.2, 0.25) is 6.79 Å². The molecule has 3 aromatic rings. The first kappa shape index (κ1) is 14.6. The van der Waals surface area contributed by atoms with Crippen LogP contribution in [0.1, 0.15) is 5.69 Å². The molecule has 128 valence electrons. The minimum atomic E-state index is 0.324. The Morgan fingerprint density at radius 1 is 0.960 bits per heavy atom. The zero-order chi connectivity index (χ0) is 16.6. The van der Waals surface area contributed by atoms with E-state index in [9.17, 15) is 0 Å². The smallest absolute Gasteiger partial charge is 0.231 e. The maximum Gasteiger partial charge on any atom is 0.231 e. The fourth-order valence-electron chi connectivity index (χ4n) is 3.60. The number of ether oxygens (including phenoxy) is 2. The Balaban J connectivity index is 1.25. The van der Waals surface area contributed by atoms with Crippen molar-refractivity contribution in [1.29, 1.82) is 0 Å². The number of aromatic amines is 1. The van der Waals surface area contributed by atoms with Crippen molar-refractivity contribution in [3.8, 4) is 11.5 Å². The van der Waals surface area contributed by atoms with E-state index >= 15 is 0 Å². The summed E-state index contributed by atoms with van der Waals surface area (Å²) in [5, 5.41) is 8.84. The Hall–Kier alpha value is -2.73. The van der Waals surface area contributed by atoms with Gasteiger partial charge in [0.1, 0.15) is 0 Å². The maximum atomic E-state index is 5.49. The van der Waals surface area contributed by atoms with Crippen molar-refractivity contribution in [2.45, 2.75) is 6.54 Å². The summed E-state index contributed by atoms with van der Waals surface area (Å²) >= 11 is 0. The van der Waals surface area contributed by atoms with Crippen molar-refractivity contribution in [2.24, 2.45) is 0 Å². The highest BCUT2D eigenvalue weighted by molar-refractivity contribution is 5.81. The third-order valence-corrected chi connectivity index (χ3v) is 5.02. The summed E-state index contributed by atoms with van der Waals surface area (Å²) in [4.78, 5) is 4.87. The van der Waals surface area contributed by atoms with Crippen LogP contribution in [0.15, 0.2) is 42.5 Å². The molecule has 0 spiro atoms. The molecule has 0 radical (unpaired) electrons. The molecule has 3 heterocycles. The molecule has 1 fully saturated rings. The average Bonchev–Trinajstić information content (AvgIpc) is 3.29. The number of nitrogens with one attached hydrogen (secondary N) is 1. The van der Waals surface area contributed by atoms with Crippen LogP contribution in [0.5, 0.6) is 11.5 Å². The van der Waals surface area contributed by atoms with Crippen LogP contribution < -0.4 is 14.4 Å². The largest absolute Gasteiger partial charge is 0.454 e. The van der Waals surface area contributed by atoms with Crippen LogP contribution in [0, 0.1) is 0 Å². The lowest BCUT2D eigenvalue weighted by Gasteiger charge is -2.35. The van der Waals surface area contributed by atoms with Gasteiger partial charge in [-0.25, -0.2) is 0 Å². The third kappa shape index (κ3) is 2.68. The van der Waals surface area contributed by atoms with Gasteiger partial charge in [0.05, 0.1) is 11.2 Å². The highest BCUT2D eigenvalue weighted by atomic mass is 16.7. The number of hydrogen-bond donors (Lipinski definition) is 1. The van der Waals surface area contributed by atoms with E-state index in [4.69, 9.17) is 9.47 Å². The second-order valence-corrected chi connectivity index (χ2v) is 6.52. The molecule has 6 heteroatoms. The quantitative estimate of drug-likeness (QED) is 0.797. The third-order valence-electron chi connectivity index (χ3n) is 5.02. The lowest BCUT2D eigenvalue weighted by atomic mass is 10.2. The summed E-state index contributed by atoms with van der Waals surface area (Å²) in [5.41, 5.74) is 3.44. The Morgan fingerprint density at radius 3 is 2.72 bits per heavy atom. The molecule has 1 saturated heterocycles. The Labute approximate surface area is 145 Å². The van der Waals surface area contributed by atoms with E-state index < -0.39 is 0 Å². The van der Waals surface area contributed by atoms with Gasteiger partial charge in [-0.1, -0.05) is 18.2 Å². The maximum absolute atomic E-state index is 5.49. The molecule has 1 N–H and O–H groups in total. The lowest BCUT2D eigenvalue weighted by molar-refractivity contribution is 0.174. The van der Waals surface area contributed by atoms with Gasteiger partial charge >= 0.3 is 0 Å². The molecule has 2 aliphatic rings. The monoisotopic (exact) mass is 336 g/mol. The molecule has 0 atom stereocenters. The molecule has 25 heavy (non-hydrogen) atoms. The van der Waals surface area contributed by atoms with Crippen LogP contribution in [-0.2, 0) is 6.54 Å². The molecule has 1 aromatic heterocycles. The van der Waals surface area contributed by atoms with E-state index in [1.54, 1.807) is 0 Å². The predicted octanol–water partition coefficient (Wildman–Crippen LogP) is 2.61. The van der Waals surface area contributed by atoms with Gasteiger partial charge in [-0.05, 0) is 18.2 Å². The lowest BCUT2D eigenvalue weighted by Crippen LogP contribution is -2.46. The van der Waals surface area contributed by atoms with Crippen molar-refractivity contribution in [3.05, 3.63) is 48.2 Å². The molecule has 0 bridgehead atoms. The Bertz CT molecular complexity index is 899. The average molecular weight is 336 g/mol. The van der Waals surface area contributed by atoms with Crippen LogP contribution in [0.3, 0.4) is 0 Å². The number of fused-ring (bicyclic) bond motifs is 2. The molecule has 6 nitrogen and oxygen atoms in total.